The van der Waals surface area contributed by atoms with Crippen molar-refractivity contribution in [2.45, 2.75) is 19.0 Å². The number of rotatable bonds is 6. The number of benzene rings is 1. The second kappa shape index (κ2) is 6.50. The molecule has 19 heavy (non-hydrogen) atoms. The Bertz CT molecular complexity index is 492. The molecule has 1 unspecified atom stereocenters. The van der Waals surface area contributed by atoms with Gasteiger partial charge in [0, 0.05) is 37.9 Å². The second-order valence-electron chi connectivity index (χ2n) is 5.17. The minimum Gasteiger partial charge on any atom is -0.326 e. The van der Waals surface area contributed by atoms with Crippen LogP contribution in [-0.2, 0) is 20.0 Å². The van der Waals surface area contributed by atoms with E-state index < -0.39 is 0 Å². The molecule has 0 bridgehead atoms. The third kappa shape index (κ3) is 4.50. The fraction of sp³-hybridized carbons (Fsp3) is 0.400. The van der Waals surface area contributed by atoms with Gasteiger partial charge >= 0.3 is 0 Å². The molecular weight excluding hydrogens is 236 g/mol. The first kappa shape index (κ1) is 13.8. The zero-order valence-electron chi connectivity index (χ0n) is 11.7. The smallest absolute Gasteiger partial charge is 0.0534 e. The van der Waals surface area contributed by atoms with Crippen molar-refractivity contribution in [2.24, 2.45) is 12.8 Å². The van der Waals surface area contributed by atoms with E-state index in [0.29, 0.717) is 0 Å². The molecule has 102 valence electrons. The van der Waals surface area contributed by atoms with Gasteiger partial charge in [0.25, 0.3) is 0 Å². The molecule has 0 aliphatic heterocycles. The number of hydrogen-bond donors (Lipinski definition) is 1. The maximum Gasteiger partial charge on any atom is 0.0534 e. The van der Waals surface area contributed by atoms with Gasteiger partial charge in [-0.2, -0.15) is 5.10 Å². The van der Waals surface area contributed by atoms with Gasteiger partial charge in [-0.15, -0.1) is 0 Å². The number of hydrogen-bond acceptors (Lipinski definition) is 3. The maximum atomic E-state index is 6.20. The van der Waals surface area contributed by atoms with Crippen molar-refractivity contribution in [1.29, 1.82) is 0 Å². The standard InChI is InChI=1S/C15H22N4/c1-18(10-14-9-17-19(2)11-14)12-15(16)8-13-6-4-3-5-7-13/h3-7,9,11,15H,8,10,12,16H2,1-2H3. The molecular formula is C15H22N4. The van der Waals surface area contributed by atoms with Gasteiger partial charge in [-0.1, -0.05) is 30.3 Å². The predicted molar refractivity (Wildman–Crippen MR) is 77.7 cm³/mol. The molecule has 2 aromatic rings. The molecule has 1 aromatic carbocycles. The summed E-state index contributed by atoms with van der Waals surface area (Å²) in [6.45, 7) is 1.76. The highest BCUT2D eigenvalue weighted by Gasteiger charge is 2.09. The molecule has 0 spiro atoms. The van der Waals surface area contributed by atoms with Gasteiger partial charge in [0.1, 0.15) is 0 Å². The molecule has 0 saturated carbocycles. The van der Waals surface area contributed by atoms with Crippen molar-refractivity contribution in [1.82, 2.24) is 14.7 Å². The number of aryl methyl sites for hydroxylation is 1. The Balaban J connectivity index is 1.80. The summed E-state index contributed by atoms with van der Waals surface area (Å²) in [5.74, 6) is 0. The van der Waals surface area contributed by atoms with Crippen molar-refractivity contribution in [3.8, 4) is 0 Å². The quantitative estimate of drug-likeness (QED) is 0.852. The first-order chi connectivity index (χ1) is 9.13. The fourth-order valence-electron chi connectivity index (χ4n) is 2.31. The Morgan fingerprint density at radius 1 is 1.26 bits per heavy atom. The van der Waals surface area contributed by atoms with Gasteiger partial charge in [0.15, 0.2) is 0 Å². The third-order valence-corrected chi connectivity index (χ3v) is 3.10. The molecule has 0 saturated heterocycles. The van der Waals surface area contributed by atoms with Crippen LogP contribution in [0.2, 0.25) is 0 Å². The van der Waals surface area contributed by atoms with Gasteiger partial charge < -0.3 is 10.6 Å². The van der Waals surface area contributed by atoms with E-state index in [1.54, 1.807) is 0 Å². The SMILES string of the molecule is CN(Cc1cnn(C)c1)CC(N)Cc1ccccc1. The fourth-order valence-corrected chi connectivity index (χ4v) is 2.31. The molecule has 0 aliphatic rings. The lowest BCUT2D eigenvalue weighted by Gasteiger charge is -2.20. The van der Waals surface area contributed by atoms with E-state index in [9.17, 15) is 0 Å². The van der Waals surface area contributed by atoms with Gasteiger partial charge in [0.05, 0.1) is 6.20 Å². The summed E-state index contributed by atoms with van der Waals surface area (Å²) in [6.07, 6.45) is 4.86. The number of nitrogens with zero attached hydrogens (tertiary/aromatic N) is 3. The molecule has 2 rings (SSSR count). The first-order valence-electron chi connectivity index (χ1n) is 6.59. The number of aromatic nitrogens is 2. The number of likely N-dealkylation sites (N-methyl/N-ethyl adjacent to an activating group) is 1. The zero-order chi connectivity index (χ0) is 13.7. The van der Waals surface area contributed by atoms with Gasteiger partial charge in [-0.05, 0) is 19.0 Å². The molecule has 1 atom stereocenters. The molecule has 4 heteroatoms. The van der Waals surface area contributed by atoms with Crippen LogP contribution >= 0.6 is 0 Å². The molecule has 4 nitrogen and oxygen atoms in total. The summed E-state index contributed by atoms with van der Waals surface area (Å²) >= 11 is 0. The lowest BCUT2D eigenvalue weighted by molar-refractivity contribution is 0.302. The normalized spacial score (nSPS) is 12.8. The highest BCUT2D eigenvalue weighted by Crippen LogP contribution is 2.05. The average molecular weight is 258 g/mol. The van der Waals surface area contributed by atoms with Gasteiger partial charge in [0.2, 0.25) is 0 Å². The zero-order valence-corrected chi connectivity index (χ0v) is 11.7. The molecule has 0 fully saturated rings. The molecule has 0 amide bonds. The van der Waals surface area contributed by atoms with E-state index in [2.05, 4.69) is 41.3 Å². The Kier molecular flexibility index (Phi) is 4.71. The highest BCUT2D eigenvalue weighted by atomic mass is 15.2. The summed E-state index contributed by atoms with van der Waals surface area (Å²) in [7, 11) is 4.03. The lowest BCUT2D eigenvalue weighted by atomic mass is 10.1. The minimum absolute atomic E-state index is 0.157. The average Bonchev–Trinajstić information content (AvgIpc) is 2.75. The van der Waals surface area contributed by atoms with Crippen LogP contribution in [-0.4, -0.2) is 34.3 Å². The van der Waals surface area contributed by atoms with Crippen LogP contribution in [0.25, 0.3) is 0 Å². The van der Waals surface area contributed by atoms with E-state index in [4.69, 9.17) is 5.73 Å². The van der Waals surface area contributed by atoms with Gasteiger partial charge in [-0.25, -0.2) is 0 Å². The van der Waals surface area contributed by atoms with Crippen LogP contribution in [0.3, 0.4) is 0 Å². The van der Waals surface area contributed by atoms with Crippen molar-refractivity contribution in [3.63, 3.8) is 0 Å². The summed E-state index contributed by atoms with van der Waals surface area (Å²) < 4.78 is 1.83. The van der Waals surface area contributed by atoms with Gasteiger partial charge in [-0.3, -0.25) is 4.68 Å². The van der Waals surface area contributed by atoms with E-state index >= 15 is 0 Å². The summed E-state index contributed by atoms with van der Waals surface area (Å²) in [4.78, 5) is 2.24. The molecule has 0 radical (unpaired) electrons. The summed E-state index contributed by atoms with van der Waals surface area (Å²) in [5, 5.41) is 4.18. The Morgan fingerprint density at radius 2 is 2.00 bits per heavy atom. The molecule has 1 heterocycles. The highest BCUT2D eigenvalue weighted by molar-refractivity contribution is 5.15. The topological polar surface area (TPSA) is 47.1 Å². The largest absolute Gasteiger partial charge is 0.326 e. The van der Waals surface area contributed by atoms with Crippen molar-refractivity contribution in [3.05, 3.63) is 53.9 Å². The minimum atomic E-state index is 0.157. The van der Waals surface area contributed by atoms with Crippen molar-refractivity contribution in [2.75, 3.05) is 13.6 Å². The van der Waals surface area contributed by atoms with E-state index in [1.165, 1.54) is 11.1 Å². The Morgan fingerprint density at radius 3 is 2.63 bits per heavy atom. The predicted octanol–water partition coefficient (Wildman–Crippen LogP) is 1.42. The van der Waals surface area contributed by atoms with Crippen molar-refractivity contribution < 1.29 is 0 Å². The summed E-state index contributed by atoms with van der Waals surface area (Å²) in [6, 6.07) is 10.6. The summed E-state index contributed by atoms with van der Waals surface area (Å²) in [5.41, 5.74) is 8.72. The van der Waals surface area contributed by atoms with Crippen LogP contribution in [0.5, 0.6) is 0 Å². The van der Waals surface area contributed by atoms with Crippen LogP contribution in [0.4, 0.5) is 0 Å². The van der Waals surface area contributed by atoms with Crippen LogP contribution in [0.15, 0.2) is 42.7 Å². The molecule has 2 N–H and O–H groups in total. The first-order valence-corrected chi connectivity index (χ1v) is 6.59. The Hall–Kier alpha value is -1.65. The molecule has 1 aromatic heterocycles. The second-order valence-corrected chi connectivity index (χ2v) is 5.17. The molecule has 0 aliphatic carbocycles. The maximum absolute atomic E-state index is 6.20. The van der Waals surface area contributed by atoms with Crippen LogP contribution in [0.1, 0.15) is 11.1 Å². The number of nitrogens with two attached hydrogens (primary N) is 1. The van der Waals surface area contributed by atoms with Crippen molar-refractivity contribution >= 4 is 0 Å². The van der Waals surface area contributed by atoms with E-state index in [0.717, 1.165) is 19.5 Å². The van der Waals surface area contributed by atoms with Crippen LogP contribution < -0.4 is 5.73 Å². The third-order valence-electron chi connectivity index (χ3n) is 3.10. The van der Waals surface area contributed by atoms with Crippen LogP contribution in [0, 0.1) is 0 Å². The van der Waals surface area contributed by atoms with E-state index in [1.807, 2.05) is 30.2 Å². The monoisotopic (exact) mass is 258 g/mol. The lowest BCUT2D eigenvalue weighted by Crippen LogP contribution is -2.36. The van der Waals surface area contributed by atoms with E-state index in [-0.39, 0.29) is 6.04 Å². The Labute approximate surface area is 114 Å².